The minimum absolute atomic E-state index is 0.181. The summed E-state index contributed by atoms with van der Waals surface area (Å²) in [7, 11) is -3.82. The van der Waals surface area contributed by atoms with Gasteiger partial charge in [0.25, 0.3) is 0 Å². The molecule has 1 aliphatic heterocycles. The Labute approximate surface area is 156 Å². The third-order valence-electron chi connectivity index (χ3n) is 4.88. The molecular formula is C20H18F2N2O2S. The predicted molar refractivity (Wildman–Crippen MR) is 97.7 cm³/mol. The lowest BCUT2D eigenvalue weighted by atomic mass is 10.0. The highest BCUT2D eigenvalue weighted by molar-refractivity contribution is 7.89. The second-order valence-electron chi connectivity index (χ2n) is 6.63. The van der Waals surface area contributed by atoms with Crippen LogP contribution < -0.4 is 0 Å². The summed E-state index contributed by atoms with van der Waals surface area (Å²) in [6.45, 7) is 2.61. The van der Waals surface area contributed by atoms with Crippen LogP contribution in [0.5, 0.6) is 0 Å². The fourth-order valence-corrected chi connectivity index (χ4v) is 5.07. The highest BCUT2D eigenvalue weighted by Crippen LogP contribution is 2.36. The molecule has 1 aromatic heterocycles. The van der Waals surface area contributed by atoms with Crippen LogP contribution in [-0.4, -0.2) is 23.8 Å². The molecule has 0 saturated heterocycles. The van der Waals surface area contributed by atoms with E-state index in [1.807, 2.05) is 29.8 Å². The van der Waals surface area contributed by atoms with Crippen molar-refractivity contribution in [1.29, 1.82) is 0 Å². The molecule has 0 radical (unpaired) electrons. The number of sulfonamides is 1. The summed E-state index contributed by atoms with van der Waals surface area (Å²) in [5, 5.41) is 0. The quantitative estimate of drug-likeness (QED) is 0.684. The fourth-order valence-electron chi connectivity index (χ4n) is 3.49. The first-order valence-electron chi connectivity index (χ1n) is 8.56. The molecule has 0 aliphatic carbocycles. The summed E-state index contributed by atoms with van der Waals surface area (Å²) in [5.41, 5.74) is 2.07. The van der Waals surface area contributed by atoms with Crippen LogP contribution in [0.4, 0.5) is 8.78 Å². The van der Waals surface area contributed by atoms with E-state index in [2.05, 4.69) is 0 Å². The van der Waals surface area contributed by atoms with Crippen LogP contribution in [0.25, 0.3) is 0 Å². The second-order valence-corrected chi connectivity index (χ2v) is 8.52. The van der Waals surface area contributed by atoms with E-state index in [0.717, 1.165) is 23.4 Å². The van der Waals surface area contributed by atoms with Crippen LogP contribution in [0.3, 0.4) is 0 Å². The Morgan fingerprint density at radius 1 is 0.963 bits per heavy atom. The average molecular weight is 388 g/mol. The zero-order valence-corrected chi connectivity index (χ0v) is 15.5. The Bertz CT molecular complexity index is 1090. The second kappa shape index (κ2) is 6.58. The Kier molecular flexibility index (Phi) is 4.36. The summed E-state index contributed by atoms with van der Waals surface area (Å²) in [4.78, 5) is 0.181. The Morgan fingerprint density at radius 2 is 1.70 bits per heavy atom. The van der Waals surface area contributed by atoms with Crippen LogP contribution in [0.1, 0.15) is 22.9 Å². The summed E-state index contributed by atoms with van der Waals surface area (Å²) in [6, 6.07) is 13.1. The van der Waals surface area contributed by atoms with E-state index in [-0.39, 0.29) is 11.4 Å². The molecule has 1 unspecified atom stereocenters. The number of hydrogen-bond donors (Lipinski definition) is 0. The van der Waals surface area contributed by atoms with Crippen molar-refractivity contribution in [1.82, 2.24) is 8.87 Å². The van der Waals surface area contributed by atoms with Crippen molar-refractivity contribution in [3.8, 4) is 0 Å². The molecule has 7 heteroatoms. The third-order valence-corrected chi connectivity index (χ3v) is 6.76. The molecule has 0 saturated carbocycles. The first kappa shape index (κ1) is 17.9. The lowest BCUT2D eigenvalue weighted by Crippen LogP contribution is -2.42. The van der Waals surface area contributed by atoms with Gasteiger partial charge in [0.1, 0.15) is 0 Å². The Balaban J connectivity index is 1.85. The third kappa shape index (κ3) is 3.07. The van der Waals surface area contributed by atoms with Gasteiger partial charge in [0.05, 0.1) is 10.9 Å². The van der Waals surface area contributed by atoms with Crippen LogP contribution in [0.15, 0.2) is 65.7 Å². The lowest BCUT2D eigenvalue weighted by Gasteiger charge is -2.36. The molecular weight excluding hydrogens is 370 g/mol. The maximum Gasteiger partial charge on any atom is 0.244 e. The van der Waals surface area contributed by atoms with Crippen molar-refractivity contribution < 1.29 is 17.2 Å². The van der Waals surface area contributed by atoms with Gasteiger partial charge in [0.15, 0.2) is 11.6 Å². The molecule has 0 bridgehead atoms. The number of hydrogen-bond acceptors (Lipinski definition) is 2. The molecule has 0 N–H and O–H groups in total. The Morgan fingerprint density at radius 3 is 2.41 bits per heavy atom. The average Bonchev–Trinajstić information content (AvgIpc) is 3.12. The normalized spacial score (nSPS) is 17.7. The number of benzene rings is 2. The van der Waals surface area contributed by atoms with E-state index in [4.69, 9.17) is 0 Å². The number of nitrogens with zero attached hydrogens (tertiary/aromatic N) is 2. The first-order valence-corrected chi connectivity index (χ1v) is 10.0. The zero-order valence-electron chi connectivity index (χ0n) is 14.6. The van der Waals surface area contributed by atoms with E-state index >= 15 is 0 Å². The van der Waals surface area contributed by atoms with Gasteiger partial charge in [-0.15, -0.1) is 0 Å². The van der Waals surface area contributed by atoms with Crippen LogP contribution in [0.2, 0.25) is 0 Å². The molecule has 4 nitrogen and oxygen atoms in total. The molecule has 2 heterocycles. The highest BCUT2D eigenvalue weighted by Gasteiger charge is 2.37. The fraction of sp³-hybridized carbons (Fsp3) is 0.200. The van der Waals surface area contributed by atoms with Gasteiger partial charge in [0, 0.05) is 25.0 Å². The van der Waals surface area contributed by atoms with Gasteiger partial charge in [-0.25, -0.2) is 17.2 Å². The minimum Gasteiger partial charge on any atom is -0.348 e. The summed E-state index contributed by atoms with van der Waals surface area (Å²) in [6.07, 6.45) is 1.86. The van der Waals surface area contributed by atoms with Gasteiger partial charge in [-0.2, -0.15) is 4.31 Å². The topological polar surface area (TPSA) is 42.3 Å². The molecule has 0 spiro atoms. The zero-order chi connectivity index (χ0) is 19.2. The molecule has 140 valence electrons. The van der Waals surface area contributed by atoms with Crippen molar-refractivity contribution in [2.75, 3.05) is 6.54 Å². The van der Waals surface area contributed by atoms with Crippen molar-refractivity contribution in [2.24, 2.45) is 0 Å². The SMILES string of the molecule is Cc1ccc(S(=O)(=O)N2CCn3cccc3C2c2ccc(F)c(F)c2)cc1. The van der Waals surface area contributed by atoms with Gasteiger partial charge in [-0.1, -0.05) is 23.8 Å². The van der Waals surface area contributed by atoms with Gasteiger partial charge < -0.3 is 4.57 Å². The predicted octanol–water partition coefficient (Wildman–Crippen LogP) is 3.87. The summed E-state index contributed by atoms with van der Waals surface area (Å²) in [5.74, 6) is -1.96. The van der Waals surface area contributed by atoms with E-state index in [1.165, 1.54) is 10.4 Å². The van der Waals surface area contributed by atoms with Gasteiger partial charge in [-0.05, 0) is 48.9 Å². The largest absolute Gasteiger partial charge is 0.348 e. The van der Waals surface area contributed by atoms with Crippen LogP contribution in [-0.2, 0) is 16.6 Å². The molecule has 3 aromatic rings. The van der Waals surface area contributed by atoms with Gasteiger partial charge >= 0.3 is 0 Å². The Hall–Kier alpha value is -2.51. The van der Waals surface area contributed by atoms with Crippen molar-refractivity contribution in [3.63, 3.8) is 0 Å². The monoisotopic (exact) mass is 388 g/mol. The maximum atomic E-state index is 13.9. The van der Waals surface area contributed by atoms with Gasteiger partial charge in [-0.3, -0.25) is 0 Å². The molecule has 27 heavy (non-hydrogen) atoms. The van der Waals surface area contributed by atoms with Crippen LogP contribution in [0, 0.1) is 18.6 Å². The molecule has 0 amide bonds. The lowest BCUT2D eigenvalue weighted by molar-refractivity contribution is 0.297. The van der Waals surface area contributed by atoms with E-state index in [1.54, 1.807) is 24.3 Å². The molecule has 2 aromatic carbocycles. The highest BCUT2D eigenvalue weighted by atomic mass is 32.2. The number of fused-ring (bicyclic) bond motifs is 1. The number of halogens is 2. The van der Waals surface area contributed by atoms with Gasteiger partial charge in [0.2, 0.25) is 10.0 Å². The van der Waals surface area contributed by atoms with Crippen molar-refractivity contribution in [2.45, 2.75) is 24.4 Å². The number of aryl methyl sites for hydroxylation is 1. The van der Waals surface area contributed by atoms with E-state index < -0.39 is 27.7 Å². The van der Waals surface area contributed by atoms with E-state index in [9.17, 15) is 17.2 Å². The van der Waals surface area contributed by atoms with E-state index in [0.29, 0.717) is 12.1 Å². The molecule has 1 aliphatic rings. The minimum atomic E-state index is -3.82. The number of aromatic nitrogens is 1. The molecule has 0 fully saturated rings. The first-order chi connectivity index (χ1) is 12.9. The van der Waals surface area contributed by atoms with Crippen LogP contribution >= 0.6 is 0 Å². The number of rotatable bonds is 3. The smallest absolute Gasteiger partial charge is 0.244 e. The summed E-state index contributed by atoms with van der Waals surface area (Å²) < 4.78 is 57.2. The molecule has 1 atom stereocenters. The van der Waals surface area contributed by atoms with Crippen molar-refractivity contribution >= 4 is 10.0 Å². The maximum absolute atomic E-state index is 13.9. The summed E-state index contributed by atoms with van der Waals surface area (Å²) >= 11 is 0. The van der Waals surface area contributed by atoms with Crippen molar-refractivity contribution in [3.05, 3.63) is 89.2 Å². The standard InChI is InChI=1S/C20H18F2N2O2S/c1-14-4-7-16(8-5-14)27(25,26)24-12-11-23-10-2-3-19(23)20(24)15-6-9-17(21)18(22)13-15/h2-10,13,20H,11-12H2,1H3. The molecule has 4 rings (SSSR count).